The van der Waals surface area contributed by atoms with Gasteiger partial charge in [0, 0.05) is 0 Å². The lowest BCUT2D eigenvalue weighted by Gasteiger charge is -2.30. The third kappa shape index (κ3) is 7.27. The van der Waals surface area contributed by atoms with E-state index in [9.17, 15) is 16.8 Å². The van der Waals surface area contributed by atoms with Crippen molar-refractivity contribution in [2.75, 3.05) is 7.11 Å². The molecule has 3 aromatic rings. The lowest BCUT2D eigenvalue weighted by atomic mass is 10.1. The van der Waals surface area contributed by atoms with E-state index < -0.39 is 56.9 Å². The van der Waals surface area contributed by atoms with Crippen molar-refractivity contribution in [1.82, 2.24) is 0 Å². The largest absolute Gasteiger partial charge is 0.497 e. The van der Waals surface area contributed by atoms with Crippen LogP contribution in [0.1, 0.15) is 30.5 Å². The monoisotopic (exact) mass is 634 g/mol. The molecule has 13 heteroatoms. The summed E-state index contributed by atoms with van der Waals surface area (Å²) in [6, 6.07) is 18.9. The Labute approximate surface area is 251 Å². The predicted molar refractivity (Wildman–Crippen MR) is 153 cm³/mol. The van der Waals surface area contributed by atoms with Gasteiger partial charge in [-0.1, -0.05) is 47.5 Å². The predicted octanol–water partition coefficient (Wildman–Crippen LogP) is 4.21. The SMILES string of the molecule is COc1ccc(CO[C@H]2C3OC(C)(C)O[C@H]3O[C@@H]2C(OS(=O)(=O)c2ccc(C)cc2)OS(=O)(=O)c2ccc(C)cc2)cc1. The van der Waals surface area contributed by atoms with Gasteiger partial charge in [0.25, 0.3) is 20.2 Å². The van der Waals surface area contributed by atoms with Crippen LogP contribution >= 0.6 is 0 Å². The van der Waals surface area contributed by atoms with Crippen LogP contribution in [0.5, 0.6) is 5.75 Å². The molecule has 2 fully saturated rings. The number of aryl methyl sites for hydroxylation is 2. The highest BCUT2D eigenvalue weighted by molar-refractivity contribution is 7.87. The average Bonchev–Trinajstić information content (AvgIpc) is 3.43. The molecule has 3 aromatic carbocycles. The van der Waals surface area contributed by atoms with Crippen LogP contribution < -0.4 is 4.74 Å². The molecular weight excluding hydrogens is 600 g/mol. The summed E-state index contributed by atoms with van der Waals surface area (Å²) in [5, 5.41) is 0. The smallest absolute Gasteiger partial charge is 0.299 e. The Balaban J connectivity index is 1.49. The van der Waals surface area contributed by atoms with Gasteiger partial charge in [0.1, 0.15) is 24.1 Å². The van der Waals surface area contributed by atoms with Crippen molar-refractivity contribution >= 4 is 20.2 Å². The van der Waals surface area contributed by atoms with Crippen molar-refractivity contribution in [3.8, 4) is 5.75 Å². The first-order chi connectivity index (χ1) is 20.3. The normalized spacial score (nSPS) is 23.4. The molecule has 0 aliphatic carbocycles. The third-order valence-corrected chi connectivity index (χ3v) is 9.54. The quantitative estimate of drug-likeness (QED) is 0.222. The van der Waals surface area contributed by atoms with E-state index in [1.54, 1.807) is 83.3 Å². The topological polar surface area (TPSA) is 133 Å². The molecular formula is C30H34O11S2. The minimum Gasteiger partial charge on any atom is -0.497 e. The van der Waals surface area contributed by atoms with Gasteiger partial charge < -0.3 is 23.7 Å². The Morgan fingerprint density at radius 2 is 1.28 bits per heavy atom. The molecule has 2 saturated heterocycles. The van der Waals surface area contributed by atoms with Crippen molar-refractivity contribution in [1.29, 1.82) is 0 Å². The second kappa shape index (κ2) is 12.3. The molecule has 2 aliphatic rings. The van der Waals surface area contributed by atoms with Gasteiger partial charge in [0.05, 0.1) is 23.5 Å². The molecule has 0 bridgehead atoms. The van der Waals surface area contributed by atoms with Crippen LogP contribution in [0.2, 0.25) is 0 Å². The van der Waals surface area contributed by atoms with E-state index in [1.807, 2.05) is 0 Å². The summed E-state index contributed by atoms with van der Waals surface area (Å²) in [6.07, 6.45) is -6.32. The maximum atomic E-state index is 13.4. The maximum Gasteiger partial charge on any atom is 0.299 e. The Kier molecular flexibility index (Phi) is 8.99. The van der Waals surface area contributed by atoms with Gasteiger partial charge in [-0.25, -0.2) is 8.37 Å². The van der Waals surface area contributed by atoms with Crippen molar-refractivity contribution in [2.24, 2.45) is 0 Å². The zero-order chi connectivity index (χ0) is 31.0. The van der Waals surface area contributed by atoms with Crippen LogP contribution in [0.15, 0.2) is 82.6 Å². The first-order valence-electron chi connectivity index (χ1n) is 13.5. The van der Waals surface area contributed by atoms with Gasteiger partial charge in [-0.05, 0) is 69.7 Å². The van der Waals surface area contributed by atoms with E-state index in [4.69, 9.17) is 32.1 Å². The standard InChI is InChI=1S/C30H34O11S2/c1-19-6-14-23(15-7-19)42(31,32)40-29(41-43(33,34)24-16-8-20(2)9-17-24)26-25(27-28(37-26)39-30(3,4)38-27)36-18-21-10-12-22(35-5)13-11-21/h6-17,25-29H,18H2,1-5H3/t25-,26+,27?,28-/m1/s1. The van der Waals surface area contributed by atoms with Crippen molar-refractivity contribution in [2.45, 2.75) is 80.8 Å². The summed E-state index contributed by atoms with van der Waals surface area (Å²) in [6.45, 7) is 7.03. The summed E-state index contributed by atoms with van der Waals surface area (Å²) in [4.78, 5) is -0.385. The number of fused-ring (bicyclic) bond motifs is 1. The van der Waals surface area contributed by atoms with Gasteiger partial charge >= 0.3 is 0 Å². The molecule has 4 atom stereocenters. The molecule has 0 aromatic heterocycles. The summed E-state index contributed by atoms with van der Waals surface area (Å²) in [7, 11) is -7.52. The lowest BCUT2D eigenvalue weighted by Crippen LogP contribution is -2.46. The van der Waals surface area contributed by atoms with E-state index in [1.165, 1.54) is 24.3 Å². The fourth-order valence-corrected chi connectivity index (χ4v) is 6.73. The second-order valence-corrected chi connectivity index (χ2v) is 13.9. The number of rotatable bonds is 11. The van der Waals surface area contributed by atoms with E-state index in [-0.39, 0.29) is 16.4 Å². The van der Waals surface area contributed by atoms with E-state index in [0.717, 1.165) is 16.7 Å². The van der Waals surface area contributed by atoms with Crippen LogP contribution in [-0.2, 0) is 54.2 Å². The van der Waals surface area contributed by atoms with Gasteiger partial charge in [-0.2, -0.15) is 16.8 Å². The van der Waals surface area contributed by atoms with E-state index in [2.05, 4.69) is 0 Å². The van der Waals surface area contributed by atoms with Gasteiger partial charge in [-0.15, -0.1) is 0 Å². The Hall–Kier alpha value is -2.88. The summed E-state index contributed by atoms with van der Waals surface area (Å²) in [5.41, 5.74) is 2.41. The molecule has 0 N–H and O–H groups in total. The molecule has 0 amide bonds. The number of hydrogen-bond acceptors (Lipinski definition) is 11. The van der Waals surface area contributed by atoms with Crippen molar-refractivity contribution in [3.63, 3.8) is 0 Å². The lowest BCUT2D eigenvalue weighted by molar-refractivity contribution is -0.242. The van der Waals surface area contributed by atoms with E-state index in [0.29, 0.717) is 5.75 Å². The van der Waals surface area contributed by atoms with Gasteiger partial charge in [0.15, 0.2) is 12.1 Å². The molecule has 2 aliphatic heterocycles. The summed E-state index contributed by atoms with van der Waals surface area (Å²) in [5.74, 6) is -0.383. The van der Waals surface area contributed by atoms with Crippen LogP contribution in [0, 0.1) is 13.8 Å². The Morgan fingerprint density at radius 3 is 1.77 bits per heavy atom. The van der Waals surface area contributed by atoms with Crippen LogP contribution in [0.4, 0.5) is 0 Å². The third-order valence-electron chi connectivity index (χ3n) is 6.96. The zero-order valence-electron chi connectivity index (χ0n) is 24.3. The first-order valence-corrected chi connectivity index (χ1v) is 16.3. The zero-order valence-corrected chi connectivity index (χ0v) is 26.0. The molecule has 43 heavy (non-hydrogen) atoms. The minimum absolute atomic E-state index is 0.0453. The van der Waals surface area contributed by atoms with Gasteiger partial charge in [-0.3, -0.25) is 0 Å². The second-order valence-electron chi connectivity index (χ2n) is 10.8. The number of ether oxygens (including phenoxy) is 5. The first kappa shape index (κ1) is 31.5. The highest BCUT2D eigenvalue weighted by Crippen LogP contribution is 2.41. The fraction of sp³-hybridized carbons (Fsp3) is 0.400. The fourth-order valence-electron chi connectivity index (χ4n) is 4.72. The summed E-state index contributed by atoms with van der Waals surface area (Å²) < 4.78 is 94.0. The highest BCUT2D eigenvalue weighted by atomic mass is 32.2. The summed E-state index contributed by atoms with van der Waals surface area (Å²) >= 11 is 0. The van der Waals surface area contributed by atoms with Crippen molar-refractivity contribution in [3.05, 3.63) is 89.5 Å². The molecule has 5 rings (SSSR count). The highest BCUT2D eigenvalue weighted by Gasteiger charge is 2.59. The number of methoxy groups -OCH3 is 1. The molecule has 0 spiro atoms. The van der Waals surface area contributed by atoms with Gasteiger partial charge in [0.2, 0.25) is 6.29 Å². The van der Waals surface area contributed by atoms with Crippen LogP contribution in [0.3, 0.4) is 0 Å². The molecule has 1 unspecified atom stereocenters. The molecule has 0 radical (unpaired) electrons. The van der Waals surface area contributed by atoms with Crippen LogP contribution in [-0.4, -0.2) is 60.6 Å². The Bertz CT molecular complexity index is 1540. The molecule has 11 nitrogen and oxygen atoms in total. The molecule has 2 heterocycles. The number of benzene rings is 3. The minimum atomic E-state index is -4.54. The van der Waals surface area contributed by atoms with Crippen LogP contribution in [0.25, 0.3) is 0 Å². The molecule has 232 valence electrons. The average molecular weight is 635 g/mol. The number of hydrogen-bond donors (Lipinski definition) is 0. The Morgan fingerprint density at radius 1 is 0.767 bits per heavy atom. The maximum absolute atomic E-state index is 13.4. The van der Waals surface area contributed by atoms with E-state index >= 15 is 0 Å². The van der Waals surface area contributed by atoms with Crippen molar-refractivity contribution < 1.29 is 48.9 Å². The molecule has 0 saturated carbocycles.